The van der Waals surface area contributed by atoms with Gasteiger partial charge in [0.2, 0.25) is 0 Å². The molecule has 4 unspecified atom stereocenters. The van der Waals surface area contributed by atoms with Crippen molar-refractivity contribution in [2.45, 2.75) is 52.9 Å². The molecule has 4 N–H and O–H groups in total. The molecule has 6 rings (SSSR count). The van der Waals surface area contributed by atoms with Gasteiger partial charge in [-0.25, -0.2) is 0 Å². The maximum Gasteiger partial charge on any atom is 0.194 e. The van der Waals surface area contributed by atoms with Crippen LogP contribution in [0.25, 0.3) is 28.3 Å². The molecule has 61 heavy (non-hydrogen) atoms. The average Bonchev–Trinajstić information content (AvgIpc) is 3.24. The fraction of sp³-hybridized carbons (Fsp3) is 0.154. The first kappa shape index (κ1) is 43.7. The third kappa shape index (κ3) is 12.6. The highest BCUT2D eigenvalue weighted by Gasteiger charge is 2.12. The van der Waals surface area contributed by atoms with E-state index < -0.39 is 25.2 Å². The number of allylic oxidation sites excluding steroid dienone is 4. The fourth-order valence-corrected chi connectivity index (χ4v) is 6.55. The van der Waals surface area contributed by atoms with Crippen molar-refractivity contribution in [3.63, 3.8) is 0 Å². The first-order valence-corrected chi connectivity index (χ1v) is 20.0. The van der Waals surface area contributed by atoms with Gasteiger partial charge in [0.15, 0.2) is 25.2 Å². The summed E-state index contributed by atoms with van der Waals surface area (Å²) in [4.78, 5) is 2.11. The molecular formula is C52H51NO8. The maximum absolute atomic E-state index is 9.73. The van der Waals surface area contributed by atoms with Crippen molar-refractivity contribution in [1.29, 1.82) is 0 Å². The minimum absolute atomic E-state index is 0.555. The second kappa shape index (κ2) is 20.9. The molecule has 0 heterocycles. The van der Waals surface area contributed by atoms with E-state index in [1.807, 2.05) is 115 Å². The van der Waals surface area contributed by atoms with Crippen LogP contribution in [0.4, 0.5) is 11.4 Å². The maximum atomic E-state index is 9.73. The van der Waals surface area contributed by atoms with Gasteiger partial charge in [0.05, 0.1) is 0 Å². The van der Waals surface area contributed by atoms with Gasteiger partial charge in [0, 0.05) is 17.6 Å². The van der Waals surface area contributed by atoms with Crippen LogP contribution >= 0.6 is 0 Å². The van der Waals surface area contributed by atoms with Crippen molar-refractivity contribution in [2.75, 3.05) is 4.90 Å². The standard InChI is InChI=1S/C52H51NO8/c1-6-40(41-13-25-48(26-14-41)58-35(2)54)8-7-33-53(47-23-11-42(12-24-47)43-15-27-49(28-16-43)59-36(3)55)46-21-9-39(10-22-46)34-52(44-17-29-50(30-18-44)60-37(4)56)45-19-31-51(32-20-45)61-38(5)57/h6-38,54-57H,1H2,2-5H3/b33-7+,40-8+,52-34?. The molecule has 0 bridgehead atoms. The minimum atomic E-state index is -0.932. The van der Waals surface area contributed by atoms with Gasteiger partial charge in [-0.05, 0) is 157 Å². The predicted octanol–water partition coefficient (Wildman–Crippen LogP) is 10.7. The average molecular weight is 818 g/mol. The lowest BCUT2D eigenvalue weighted by atomic mass is 9.95. The van der Waals surface area contributed by atoms with E-state index in [1.165, 1.54) is 0 Å². The second-order valence-electron chi connectivity index (χ2n) is 14.2. The van der Waals surface area contributed by atoms with Gasteiger partial charge in [-0.2, -0.15) is 0 Å². The Morgan fingerprint density at radius 1 is 0.475 bits per heavy atom. The molecular weight excluding hydrogens is 767 g/mol. The van der Waals surface area contributed by atoms with Crippen molar-refractivity contribution in [1.82, 2.24) is 0 Å². The predicted molar refractivity (Wildman–Crippen MR) is 243 cm³/mol. The number of aliphatic hydroxyl groups is 4. The van der Waals surface area contributed by atoms with Gasteiger partial charge in [0.25, 0.3) is 0 Å². The van der Waals surface area contributed by atoms with Crippen LogP contribution < -0.4 is 23.8 Å². The molecule has 0 spiro atoms. The zero-order valence-corrected chi connectivity index (χ0v) is 34.6. The van der Waals surface area contributed by atoms with E-state index in [-0.39, 0.29) is 0 Å². The monoisotopic (exact) mass is 817 g/mol. The number of aliphatic hydroxyl groups excluding tert-OH is 4. The van der Waals surface area contributed by atoms with Gasteiger partial charge in [-0.1, -0.05) is 91.5 Å². The van der Waals surface area contributed by atoms with E-state index >= 15 is 0 Å². The zero-order chi connectivity index (χ0) is 43.3. The molecule has 4 atom stereocenters. The van der Waals surface area contributed by atoms with E-state index in [2.05, 4.69) is 66.1 Å². The van der Waals surface area contributed by atoms with Gasteiger partial charge < -0.3 is 44.3 Å². The summed E-state index contributed by atoms with van der Waals surface area (Å²) < 4.78 is 21.8. The summed E-state index contributed by atoms with van der Waals surface area (Å²) in [5, 5.41) is 38.7. The number of hydrogen-bond donors (Lipinski definition) is 4. The van der Waals surface area contributed by atoms with E-state index in [0.717, 1.165) is 55.9 Å². The lowest BCUT2D eigenvalue weighted by Gasteiger charge is -2.21. The smallest absolute Gasteiger partial charge is 0.194 e. The van der Waals surface area contributed by atoms with Gasteiger partial charge >= 0.3 is 0 Å². The normalized spacial score (nSPS) is 13.4. The number of benzene rings is 6. The van der Waals surface area contributed by atoms with Crippen LogP contribution in [0.1, 0.15) is 49.9 Å². The number of anilines is 2. The third-order valence-electron chi connectivity index (χ3n) is 9.29. The zero-order valence-electron chi connectivity index (χ0n) is 34.6. The highest BCUT2D eigenvalue weighted by molar-refractivity contribution is 5.92. The first-order valence-electron chi connectivity index (χ1n) is 20.0. The summed E-state index contributed by atoms with van der Waals surface area (Å²) in [6.45, 7) is 10.3. The van der Waals surface area contributed by atoms with Gasteiger partial charge in [0.1, 0.15) is 23.0 Å². The van der Waals surface area contributed by atoms with Crippen LogP contribution in [0.3, 0.4) is 0 Å². The molecule has 0 aromatic heterocycles. The topological polar surface area (TPSA) is 121 Å². The van der Waals surface area contributed by atoms with Crippen LogP contribution in [0.5, 0.6) is 23.0 Å². The van der Waals surface area contributed by atoms with Crippen LogP contribution in [-0.4, -0.2) is 45.6 Å². The molecule has 6 aromatic carbocycles. The summed E-state index contributed by atoms with van der Waals surface area (Å²) in [6.07, 6.45) is 6.23. The Hall–Kier alpha value is -6.88. The molecule has 0 aliphatic heterocycles. The van der Waals surface area contributed by atoms with Crippen LogP contribution in [0.15, 0.2) is 177 Å². The highest BCUT2D eigenvalue weighted by Crippen LogP contribution is 2.33. The van der Waals surface area contributed by atoms with Crippen LogP contribution in [-0.2, 0) is 0 Å². The lowest BCUT2D eigenvalue weighted by molar-refractivity contribution is -0.000884. The molecule has 0 aliphatic rings. The molecule has 6 aromatic rings. The van der Waals surface area contributed by atoms with Gasteiger partial charge in [-0.15, -0.1) is 0 Å². The lowest BCUT2D eigenvalue weighted by Crippen LogP contribution is -2.09. The number of rotatable bonds is 18. The molecule has 0 saturated carbocycles. The number of nitrogens with zero attached hydrogens (tertiary/aromatic N) is 1. The molecule has 0 amide bonds. The third-order valence-corrected chi connectivity index (χ3v) is 9.29. The van der Waals surface area contributed by atoms with Crippen LogP contribution in [0.2, 0.25) is 0 Å². The molecule has 9 nitrogen and oxygen atoms in total. The SMILES string of the molecule is C=C/C(=C\C=C\N(c1ccc(C=C(c2ccc(OC(C)O)cc2)c2ccc(OC(C)O)cc2)cc1)c1ccc(-c2ccc(OC(C)O)cc2)cc1)c1ccc(OC(C)O)cc1. The van der Waals surface area contributed by atoms with E-state index in [1.54, 1.807) is 33.8 Å². The largest absolute Gasteiger partial charge is 0.465 e. The van der Waals surface area contributed by atoms with Crippen molar-refractivity contribution < 1.29 is 39.4 Å². The summed E-state index contributed by atoms with van der Waals surface area (Å²) in [5.74, 6) is 2.27. The quantitative estimate of drug-likeness (QED) is 0.0382. The van der Waals surface area contributed by atoms with E-state index in [9.17, 15) is 20.4 Å². The Kier molecular flexibility index (Phi) is 15.0. The van der Waals surface area contributed by atoms with Gasteiger partial charge in [-0.3, -0.25) is 0 Å². The number of hydrogen-bond acceptors (Lipinski definition) is 9. The molecule has 0 radical (unpaired) electrons. The minimum Gasteiger partial charge on any atom is -0.465 e. The van der Waals surface area contributed by atoms with Crippen molar-refractivity contribution in [3.05, 3.63) is 199 Å². The van der Waals surface area contributed by atoms with Crippen molar-refractivity contribution in [2.24, 2.45) is 0 Å². The fourth-order valence-electron chi connectivity index (χ4n) is 6.55. The Morgan fingerprint density at radius 2 is 0.820 bits per heavy atom. The summed E-state index contributed by atoms with van der Waals surface area (Å²) in [5.41, 5.74) is 9.54. The van der Waals surface area contributed by atoms with Crippen LogP contribution in [0, 0.1) is 0 Å². The van der Waals surface area contributed by atoms with E-state index in [4.69, 9.17) is 18.9 Å². The Balaban J connectivity index is 1.34. The summed E-state index contributed by atoms with van der Waals surface area (Å²) in [7, 11) is 0. The van der Waals surface area contributed by atoms with Crippen molar-refractivity contribution >= 4 is 28.6 Å². The Morgan fingerprint density at radius 3 is 1.20 bits per heavy atom. The second-order valence-corrected chi connectivity index (χ2v) is 14.2. The summed E-state index contributed by atoms with van der Waals surface area (Å²) >= 11 is 0. The Labute approximate surface area is 357 Å². The van der Waals surface area contributed by atoms with E-state index in [0.29, 0.717) is 23.0 Å². The molecule has 0 fully saturated rings. The molecule has 9 heteroatoms. The first-order chi connectivity index (χ1) is 29.4. The summed E-state index contributed by atoms with van der Waals surface area (Å²) in [6, 6.07) is 46.8. The highest BCUT2D eigenvalue weighted by atomic mass is 16.6. The molecule has 312 valence electrons. The van der Waals surface area contributed by atoms with Crippen molar-refractivity contribution in [3.8, 4) is 34.1 Å². The number of ether oxygens (including phenoxy) is 4. The molecule has 0 saturated heterocycles. The molecule has 0 aliphatic carbocycles. The Bertz CT molecular complexity index is 2340.